The zero-order chi connectivity index (χ0) is 12.2. The van der Waals surface area contributed by atoms with Gasteiger partial charge in [-0.1, -0.05) is 65.9 Å². The molecule has 0 saturated heterocycles. The Kier molecular flexibility index (Phi) is 14.5. The molecule has 0 aromatic heterocycles. The van der Waals surface area contributed by atoms with Crippen molar-refractivity contribution in [3.8, 4) is 0 Å². The first-order valence-corrected chi connectivity index (χ1v) is 6.51. The SMILES string of the molecule is C=C(C)C(=O)OCCCCCCCCCC.[CH3]. The summed E-state index contributed by atoms with van der Waals surface area (Å²) in [5, 5.41) is 0. The molecule has 2 heteroatoms. The number of esters is 1. The second-order valence-electron chi connectivity index (χ2n) is 4.39. The summed E-state index contributed by atoms with van der Waals surface area (Å²) in [6.45, 7) is 7.99. The summed E-state index contributed by atoms with van der Waals surface area (Å²) < 4.78 is 5.01. The zero-order valence-corrected chi connectivity index (χ0v) is 11.9. The van der Waals surface area contributed by atoms with Gasteiger partial charge >= 0.3 is 5.97 Å². The number of carbonyl (C=O) groups is 1. The van der Waals surface area contributed by atoms with Gasteiger partial charge in [0.15, 0.2) is 0 Å². The first kappa shape index (κ1) is 18.6. The highest BCUT2D eigenvalue weighted by Gasteiger charge is 2.01. The molecule has 0 rings (SSSR count). The van der Waals surface area contributed by atoms with Crippen LogP contribution in [0.15, 0.2) is 12.2 Å². The monoisotopic (exact) mass is 241 g/mol. The minimum absolute atomic E-state index is 0. The highest BCUT2D eigenvalue weighted by Crippen LogP contribution is 2.08. The van der Waals surface area contributed by atoms with Gasteiger partial charge in [0.2, 0.25) is 0 Å². The van der Waals surface area contributed by atoms with Gasteiger partial charge in [-0.2, -0.15) is 0 Å². The van der Waals surface area contributed by atoms with E-state index in [-0.39, 0.29) is 13.4 Å². The predicted octanol–water partition coefficient (Wildman–Crippen LogP) is 4.70. The zero-order valence-electron chi connectivity index (χ0n) is 11.9. The van der Waals surface area contributed by atoms with Crippen molar-refractivity contribution < 1.29 is 9.53 Å². The summed E-state index contributed by atoms with van der Waals surface area (Å²) in [4.78, 5) is 11.0. The second-order valence-corrected chi connectivity index (χ2v) is 4.39. The molecule has 17 heavy (non-hydrogen) atoms. The van der Waals surface area contributed by atoms with Crippen LogP contribution in [0.2, 0.25) is 0 Å². The van der Waals surface area contributed by atoms with Crippen LogP contribution >= 0.6 is 0 Å². The van der Waals surface area contributed by atoms with Crippen molar-refractivity contribution in [3.05, 3.63) is 19.6 Å². The standard InChI is InChI=1S/C14H26O2.CH3/c1-4-5-6-7-8-9-10-11-12-16-14(15)13(2)3;/h2,4-12H2,1,3H3;1H3. The van der Waals surface area contributed by atoms with Crippen molar-refractivity contribution in [2.75, 3.05) is 6.61 Å². The third-order valence-corrected chi connectivity index (χ3v) is 2.58. The quantitative estimate of drug-likeness (QED) is 0.315. The molecule has 0 unspecified atom stereocenters. The van der Waals surface area contributed by atoms with Crippen molar-refractivity contribution in [2.45, 2.75) is 65.2 Å². The van der Waals surface area contributed by atoms with Crippen LogP contribution < -0.4 is 0 Å². The lowest BCUT2D eigenvalue weighted by Crippen LogP contribution is -2.05. The van der Waals surface area contributed by atoms with Crippen molar-refractivity contribution in [1.29, 1.82) is 0 Å². The smallest absolute Gasteiger partial charge is 0.333 e. The average Bonchev–Trinajstić information content (AvgIpc) is 2.26. The molecule has 0 saturated carbocycles. The second kappa shape index (κ2) is 13.3. The number of rotatable bonds is 10. The normalized spacial score (nSPS) is 9.53. The molecule has 0 atom stereocenters. The van der Waals surface area contributed by atoms with E-state index >= 15 is 0 Å². The first-order chi connectivity index (χ1) is 7.68. The van der Waals surface area contributed by atoms with Crippen LogP contribution in [0.5, 0.6) is 0 Å². The Hall–Kier alpha value is -0.790. The van der Waals surface area contributed by atoms with Crippen LogP contribution in [0.25, 0.3) is 0 Å². The summed E-state index contributed by atoms with van der Waals surface area (Å²) in [5.41, 5.74) is 0.486. The van der Waals surface area contributed by atoms with Gasteiger partial charge in [-0.25, -0.2) is 4.79 Å². The van der Waals surface area contributed by atoms with E-state index in [1.807, 2.05) is 0 Å². The molecule has 1 radical (unpaired) electrons. The maximum absolute atomic E-state index is 11.0. The van der Waals surface area contributed by atoms with Crippen LogP contribution in [0.3, 0.4) is 0 Å². The van der Waals surface area contributed by atoms with Gasteiger partial charge in [0.25, 0.3) is 0 Å². The van der Waals surface area contributed by atoms with E-state index in [4.69, 9.17) is 4.74 Å². The summed E-state index contributed by atoms with van der Waals surface area (Å²) >= 11 is 0. The number of carbonyl (C=O) groups excluding carboxylic acids is 1. The molecule has 0 fully saturated rings. The van der Waals surface area contributed by atoms with E-state index in [2.05, 4.69) is 13.5 Å². The van der Waals surface area contributed by atoms with Crippen LogP contribution in [0.1, 0.15) is 65.2 Å². The highest BCUT2D eigenvalue weighted by molar-refractivity contribution is 5.86. The molecule has 0 aromatic carbocycles. The Balaban J connectivity index is 0. The third-order valence-electron chi connectivity index (χ3n) is 2.58. The molecule has 0 aliphatic rings. The fraction of sp³-hybridized carbons (Fsp3) is 0.733. The molecule has 2 nitrogen and oxygen atoms in total. The van der Waals surface area contributed by atoms with E-state index in [0.29, 0.717) is 12.2 Å². The van der Waals surface area contributed by atoms with Crippen LogP contribution in [0, 0.1) is 7.43 Å². The number of hydrogen-bond acceptors (Lipinski definition) is 2. The van der Waals surface area contributed by atoms with Gasteiger partial charge in [-0.3, -0.25) is 0 Å². The summed E-state index contributed by atoms with van der Waals surface area (Å²) in [6, 6.07) is 0. The molecule has 0 heterocycles. The fourth-order valence-electron chi connectivity index (χ4n) is 1.52. The number of hydrogen-bond donors (Lipinski definition) is 0. The molecule has 0 bridgehead atoms. The minimum atomic E-state index is -0.261. The third kappa shape index (κ3) is 13.1. The first-order valence-electron chi connectivity index (χ1n) is 6.51. The maximum Gasteiger partial charge on any atom is 0.333 e. The lowest BCUT2D eigenvalue weighted by atomic mass is 10.1. The van der Waals surface area contributed by atoms with E-state index in [9.17, 15) is 4.79 Å². The fourth-order valence-corrected chi connectivity index (χ4v) is 1.52. The van der Waals surface area contributed by atoms with Gasteiger partial charge in [-0.15, -0.1) is 0 Å². The Labute approximate surface area is 107 Å². The Morgan fingerprint density at radius 3 is 1.94 bits per heavy atom. The Bertz CT molecular complexity index is 197. The Morgan fingerprint density at radius 1 is 1.00 bits per heavy atom. The van der Waals surface area contributed by atoms with E-state index in [1.54, 1.807) is 6.92 Å². The molecule has 0 N–H and O–H groups in total. The Morgan fingerprint density at radius 2 is 1.47 bits per heavy atom. The van der Waals surface area contributed by atoms with Crippen LogP contribution in [0.4, 0.5) is 0 Å². The number of ether oxygens (including phenoxy) is 1. The van der Waals surface area contributed by atoms with E-state index in [0.717, 1.165) is 12.8 Å². The van der Waals surface area contributed by atoms with Gasteiger partial charge in [0.05, 0.1) is 6.61 Å². The topological polar surface area (TPSA) is 26.3 Å². The molecule has 0 aromatic rings. The molecule has 0 amide bonds. The predicted molar refractivity (Wildman–Crippen MR) is 74.8 cm³/mol. The van der Waals surface area contributed by atoms with Gasteiger partial charge in [-0.05, 0) is 13.3 Å². The van der Waals surface area contributed by atoms with Crippen molar-refractivity contribution in [1.82, 2.24) is 0 Å². The summed E-state index contributed by atoms with van der Waals surface area (Å²) in [6.07, 6.45) is 10.1. The van der Waals surface area contributed by atoms with Crippen LogP contribution in [-0.2, 0) is 9.53 Å². The summed E-state index contributed by atoms with van der Waals surface area (Å²) in [5.74, 6) is -0.261. The molecular weight excluding hydrogens is 212 g/mol. The molecular formula is C15H29O2. The lowest BCUT2D eigenvalue weighted by Gasteiger charge is -2.04. The highest BCUT2D eigenvalue weighted by atomic mass is 16.5. The average molecular weight is 241 g/mol. The van der Waals surface area contributed by atoms with Crippen molar-refractivity contribution in [3.63, 3.8) is 0 Å². The van der Waals surface area contributed by atoms with E-state index < -0.39 is 0 Å². The molecule has 0 spiro atoms. The van der Waals surface area contributed by atoms with Crippen LogP contribution in [-0.4, -0.2) is 12.6 Å². The van der Waals surface area contributed by atoms with E-state index in [1.165, 1.54) is 38.5 Å². The number of unbranched alkanes of at least 4 members (excludes halogenated alkanes) is 7. The summed E-state index contributed by atoms with van der Waals surface area (Å²) in [7, 11) is 0. The van der Waals surface area contributed by atoms with Crippen molar-refractivity contribution >= 4 is 5.97 Å². The minimum Gasteiger partial charge on any atom is -0.462 e. The molecule has 0 aliphatic heterocycles. The van der Waals surface area contributed by atoms with Crippen molar-refractivity contribution in [2.24, 2.45) is 0 Å². The van der Waals surface area contributed by atoms with Gasteiger partial charge in [0, 0.05) is 5.57 Å². The lowest BCUT2D eigenvalue weighted by molar-refractivity contribution is -0.139. The maximum atomic E-state index is 11.0. The largest absolute Gasteiger partial charge is 0.462 e. The van der Waals surface area contributed by atoms with Gasteiger partial charge in [0.1, 0.15) is 0 Å². The molecule has 101 valence electrons. The molecule has 0 aliphatic carbocycles. The van der Waals surface area contributed by atoms with Gasteiger partial charge < -0.3 is 4.74 Å².